The summed E-state index contributed by atoms with van der Waals surface area (Å²) < 4.78 is 0. The SMILES string of the molecule is CC(C)CCC[C@@H](C)[C@H]1CC[C@H]2[C@@H]3CC=C4CC(O)(NCCc5cnc[nH]5)CC[C@]4(C)[C@H]3CC[C@]12C. The Bertz CT molecular complexity index is 909. The second-order valence-corrected chi connectivity index (χ2v) is 14.3. The first-order chi connectivity index (χ1) is 17.1. The molecule has 4 heteroatoms. The van der Waals surface area contributed by atoms with Crippen LogP contribution in [0.15, 0.2) is 24.2 Å². The van der Waals surface area contributed by atoms with E-state index in [0.717, 1.165) is 73.4 Å². The predicted molar refractivity (Wildman–Crippen MR) is 148 cm³/mol. The number of H-pyrrole nitrogens is 1. The van der Waals surface area contributed by atoms with Crippen molar-refractivity contribution in [3.05, 3.63) is 29.9 Å². The maximum atomic E-state index is 11.5. The molecule has 1 aromatic heterocycles. The zero-order valence-electron chi connectivity index (χ0n) is 23.8. The van der Waals surface area contributed by atoms with Gasteiger partial charge >= 0.3 is 0 Å². The molecule has 0 aliphatic heterocycles. The number of aromatic amines is 1. The molecule has 3 N–H and O–H groups in total. The summed E-state index contributed by atoms with van der Waals surface area (Å²) in [6.07, 6.45) is 21.1. The Hall–Kier alpha value is -1.13. The minimum atomic E-state index is -0.759. The average Bonchev–Trinajstić information content (AvgIpc) is 3.46. The van der Waals surface area contributed by atoms with Crippen molar-refractivity contribution in [3.8, 4) is 0 Å². The van der Waals surface area contributed by atoms with Crippen LogP contribution in [0.1, 0.15) is 111 Å². The van der Waals surface area contributed by atoms with E-state index in [4.69, 9.17) is 0 Å². The van der Waals surface area contributed by atoms with Crippen LogP contribution >= 0.6 is 0 Å². The summed E-state index contributed by atoms with van der Waals surface area (Å²) in [6, 6.07) is 0. The Morgan fingerprint density at radius 2 is 1.92 bits per heavy atom. The summed E-state index contributed by atoms with van der Waals surface area (Å²) in [5, 5.41) is 15.0. The highest BCUT2D eigenvalue weighted by Crippen LogP contribution is 2.67. The van der Waals surface area contributed by atoms with E-state index in [0.29, 0.717) is 5.41 Å². The molecule has 0 amide bonds. The van der Waals surface area contributed by atoms with Gasteiger partial charge in [0.2, 0.25) is 0 Å². The van der Waals surface area contributed by atoms with Gasteiger partial charge in [-0.25, -0.2) is 4.98 Å². The smallest absolute Gasteiger partial charge is 0.119 e. The number of aliphatic hydroxyl groups is 1. The molecular formula is C32H53N3O. The lowest BCUT2D eigenvalue weighted by molar-refractivity contribution is -0.0841. The first kappa shape index (κ1) is 26.5. The van der Waals surface area contributed by atoms with Gasteiger partial charge in [-0.1, -0.05) is 65.5 Å². The van der Waals surface area contributed by atoms with Crippen LogP contribution in [0.5, 0.6) is 0 Å². The first-order valence-corrected chi connectivity index (χ1v) is 15.3. The number of hydrogen-bond donors (Lipinski definition) is 3. The summed E-state index contributed by atoms with van der Waals surface area (Å²) in [5.74, 6) is 5.19. The zero-order chi connectivity index (χ0) is 25.6. The molecule has 1 aromatic rings. The number of allylic oxidation sites excluding steroid dienone is 1. The van der Waals surface area contributed by atoms with E-state index in [2.05, 4.69) is 56.0 Å². The molecular weight excluding hydrogens is 442 g/mol. The van der Waals surface area contributed by atoms with Gasteiger partial charge in [0.15, 0.2) is 0 Å². The number of imidazole rings is 1. The molecule has 202 valence electrons. The number of rotatable bonds is 9. The number of hydrogen-bond acceptors (Lipinski definition) is 3. The van der Waals surface area contributed by atoms with Crippen molar-refractivity contribution in [1.82, 2.24) is 15.3 Å². The van der Waals surface area contributed by atoms with Crippen molar-refractivity contribution < 1.29 is 5.11 Å². The van der Waals surface area contributed by atoms with E-state index in [-0.39, 0.29) is 5.41 Å². The summed E-state index contributed by atoms with van der Waals surface area (Å²) >= 11 is 0. The van der Waals surface area contributed by atoms with Gasteiger partial charge < -0.3 is 10.1 Å². The minimum Gasteiger partial charge on any atom is -0.376 e. The van der Waals surface area contributed by atoms with E-state index in [9.17, 15) is 5.11 Å². The standard InChI is InChI=1S/C32H53N3O/c1-22(2)7-6-8-23(3)27-11-12-28-26-10-9-24-19-32(36,35-18-14-25-20-33-21-34-25)17-16-30(24,4)29(26)13-15-31(27,28)5/h9,20-23,26-29,35-36H,6-8,10-19H2,1-5H3,(H,33,34)/t23-,26+,27-,28+,29+,30+,31-,32?/m1/s1. The highest BCUT2D eigenvalue weighted by Gasteiger charge is 2.59. The molecule has 0 saturated heterocycles. The van der Waals surface area contributed by atoms with Crippen LogP contribution in [0.3, 0.4) is 0 Å². The average molecular weight is 496 g/mol. The lowest BCUT2D eigenvalue weighted by Crippen LogP contribution is -2.56. The quantitative estimate of drug-likeness (QED) is 0.249. The van der Waals surface area contributed by atoms with Crippen molar-refractivity contribution in [2.45, 2.75) is 117 Å². The molecule has 1 heterocycles. The maximum absolute atomic E-state index is 11.5. The van der Waals surface area contributed by atoms with E-state index >= 15 is 0 Å². The number of nitrogens with zero attached hydrogens (tertiary/aromatic N) is 1. The van der Waals surface area contributed by atoms with Crippen molar-refractivity contribution in [1.29, 1.82) is 0 Å². The van der Waals surface area contributed by atoms with Crippen LogP contribution in [0, 0.1) is 46.3 Å². The molecule has 3 fully saturated rings. The van der Waals surface area contributed by atoms with Crippen LogP contribution in [0.2, 0.25) is 0 Å². The van der Waals surface area contributed by atoms with Crippen molar-refractivity contribution in [2.75, 3.05) is 6.54 Å². The minimum absolute atomic E-state index is 0.280. The number of aromatic nitrogens is 2. The van der Waals surface area contributed by atoms with Crippen LogP contribution < -0.4 is 5.32 Å². The lowest BCUT2D eigenvalue weighted by atomic mass is 9.46. The fraction of sp³-hybridized carbons (Fsp3) is 0.844. The third-order valence-electron chi connectivity index (χ3n) is 11.8. The second kappa shape index (κ2) is 10.2. The van der Waals surface area contributed by atoms with E-state index in [1.54, 1.807) is 11.9 Å². The third-order valence-corrected chi connectivity index (χ3v) is 11.8. The molecule has 4 nitrogen and oxygen atoms in total. The lowest BCUT2D eigenvalue weighted by Gasteiger charge is -2.59. The molecule has 36 heavy (non-hydrogen) atoms. The molecule has 0 aromatic carbocycles. The van der Waals surface area contributed by atoms with Gasteiger partial charge in [0.1, 0.15) is 5.72 Å². The molecule has 5 rings (SSSR count). The predicted octanol–water partition coefficient (Wildman–Crippen LogP) is 7.27. The Balaban J connectivity index is 1.24. The molecule has 4 aliphatic carbocycles. The van der Waals surface area contributed by atoms with Crippen LogP contribution in [0.4, 0.5) is 0 Å². The normalized spacial score (nSPS) is 40.9. The van der Waals surface area contributed by atoms with Gasteiger partial charge in [0.05, 0.1) is 6.33 Å². The molecule has 4 aliphatic rings. The van der Waals surface area contributed by atoms with Crippen molar-refractivity contribution in [2.24, 2.45) is 46.3 Å². The Morgan fingerprint density at radius 3 is 2.67 bits per heavy atom. The number of nitrogens with one attached hydrogen (secondary N) is 2. The highest BCUT2D eigenvalue weighted by atomic mass is 16.3. The number of fused-ring (bicyclic) bond motifs is 5. The van der Waals surface area contributed by atoms with E-state index in [1.165, 1.54) is 51.4 Å². The fourth-order valence-corrected chi connectivity index (χ4v) is 9.67. The van der Waals surface area contributed by atoms with Crippen molar-refractivity contribution in [3.63, 3.8) is 0 Å². The Kier molecular flexibility index (Phi) is 7.51. The highest BCUT2D eigenvalue weighted by molar-refractivity contribution is 5.27. The summed E-state index contributed by atoms with van der Waals surface area (Å²) in [5.41, 5.74) is 2.74. The van der Waals surface area contributed by atoms with E-state index in [1.807, 2.05) is 6.20 Å². The maximum Gasteiger partial charge on any atom is 0.119 e. The van der Waals surface area contributed by atoms with Gasteiger partial charge in [0.25, 0.3) is 0 Å². The van der Waals surface area contributed by atoms with Crippen LogP contribution in [-0.4, -0.2) is 27.3 Å². The Morgan fingerprint density at radius 1 is 1.08 bits per heavy atom. The van der Waals surface area contributed by atoms with Crippen LogP contribution in [-0.2, 0) is 6.42 Å². The monoisotopic (exact) mass is 495 g/mol. The zero-order valence-corrected chi connectivity index (χ0v) is 23.8. The molecule has 0 bridgehead atoms. The second-order valence-electron chi connectivity index (χ2n) is 14.3. The van der Waals surface area contributed by atoms with E-state index < -0.39 is 5.72 Å². The van der Waals surface area contributed by atoms with Crippen molar-refractivity contribution >= 4 is 0 Å². The molecule has 1 unspecified atom stereocenters. The van der Waals surface area contributed by atoms with Gasteiger partial charge in [-0.3, -0.25) is 5.32 Å². The largest absolute Gasteiger partial charge is 0.376 e. The van der Waals surface area contributed by atoms with Gasteiger partial charge in [-0.2, -0.15) is 0 Å². The molecule has 3 saturated carbocycles. The fourth-order valence-electron chi connectivity index (χ4n) is 9.67. The summed E-state index contributed by atoms with van der Waals surface area (Å²) in [7, 11) is 0. The Labute approximate surface area is 220 Å². The topological polar surface area (TPSA) is 60.9 Å². The molecule has 0 radical (unpaired) electrons. The van der Waals surface area contributed by atoms with Gasteiger partial charge in [0, 0.05) is 31.3 Å². The van der Waals surface area contributed by atoms with Crippen LogP contribution in [0.25, 0.3) is 0 Å². The summed E-state index contributed by atoms with van der Waals surface area (Å²) in [4.78, 5) is 7.28. The third kappa shape index (κ3) is 4.86. The molecule has 8 atom stereocenters. The summed E-state index contributed by atoms with van der Waals surface area (Å²) in [6.45, 7) is 13.3. The first-order valence-electron chi connectivity index (χ1n) is 15.3. The molecule has 0 spiro atoms. The van der Waals surface area contributed by atoms with Gasteiger partial charge in [-0.15, -0.1) is 0 Å². The van der Waals surface area contributed by atoms with Gasteiger partial charge in [-0.05, 0) is 91.3 Å².